The largest absolute Gasteiger partial charge is 0.493 e. The van der Waals surface area contributed by atoms with Crippen molar-refractivity contribution in [3.63, 3.8) is 0 Å². The van der Waals surface area contributed by atoms with Crippen LogP contribution in [0.25, 0.3) is 10.9 Å². The number of hydrogen-bond donors (Lipinski definition) is 1. The standard InChI is InChI=1S/C22H25N3O7/c1-6-24-21(27)14-10-18(31-4)19(32-5)11-15(14)25(22(24)28)12-20(26)23-13-7-8-16(29-2)17(9-13)30-3/h7-11H,6,12H2,1-5H3,(H,23,26). The van der Waals surface area contributed by atoms with E-state index in [1.54, 1.807) is 25.1 Å². The first kappa shape index (κ1) is 22.7. The normalized spacial score (nSPS) is 10.7. The van der Waals surface area contributed by atoms with Crippen molar-refractivity contribution in [2.75, 3.05) is 33.8 Å². The van der Waals surface area contributed by atoms with E-state index in [9.17, 15) is 14.4 Å². The Morgan fingerprint density at radius 3 is 2.03 bits per heavy atom. The molecule has 2 aromatic carbocycles. The van der Waals surface area contributed by atoms with Crippen LogP contribution in [0.5, 0.6) is 23.0 Å². The molecular formula is C22H25N3O7. The van der Waals surface area contributed by atoms with Crippen molar-refractivity contribution in [3.8, 4) is 23.0 Å². The maximum absolute atomic E-state index is 13.0. The molecule has 0 saturated carbocycles. The first-order valence-corrected chi connectivity index (χ1v) is 9.79. The van der Waals surface area contributed by atoms with E-state index >= 15 is 0 Å². The number of nitrogens with zero attached hydrogens (tertiary/aromatic N) is 2. The average Bonchev–Trinajstić information content (AvgIpc) is 2.81. The van der Waals surface area contributed by atoms with Crippen molar-refractivity contribution in [2.45, 2.75) is 20.0 Å². The maximum atomic E-state index is 13.0. The second-order valence-corrected chi connectivity index (χ2v) is 6.76. The van der Waals surface area contributed by atoms with Crippen LogP contribution in [0.4, 0.5) is 5.69 Å². The van der Waals surface area contributed by atoms with E-state index in [4.69, 9.17) is 18.9 Å². The fourth-order valence-electron chi connectivity index (χ4n) is 3.43. The number of ether oxygens (including phenoxy) is 4. The molecule has 0 radical (unpaired) electrons. The van der Waals surface area contributed by atoms with Crippen LogP contribution in [0.15, 0.2) is 39.9 Å². The Kier molecular flexibility index (Phi) is 6.72. The summed E-state index contributed by atoms with van der Waals surface area (Å²) < 4.78 is 23.3. The first-order chi connectivity index (χ1) is 15.4. The van der Waals surface area contributed by atoms with Gasteiger partial charge in [-0.1, -0.05) is 0 Å². The van der Waals surface area contributed by atoms with E-state index in [2.05, 4.69) is 5.32 Å². The topological polar surface area (TPSA) is 110 Å². The third kappa shape index (κ3) is 4.11. The fraction of sp³-hybridized carbons (Fsp3) is 0.318. The van der Waals surface area contributed by atoms with Gasteiger partial charge in [0.25, 0.3) is 5.56 Å². The third-order valence-corrected chi connectivity index (χ3v) is 5.02. The maximum Gasteiger partial charge on any atom is 0.331 e. The molecule has 170 valence electrons. The van der Waals surface area contributed by atoms with Gasteiger partial charge in [0.05, 0.1) is 39.3 Å². The number of benzene rings is 2. The molecule has 1 heterocycles. The molecular weight excluding hydrogens is 418 g/mol. The zero-order valence-electron chi connectivity index (χ0n) is 18.6. The summed E-state index contributed by atoms with van der Waals surface area (Å²) in [6.45, 7) is 1.52. The number of amides is 1. The van der Waals surface area contributed by atoms with Crippen LogP contribution in [0.3, 0.4) is 0 Å². The monoisotopic (exact) mass is 443 g/mol. The van der Waals surface area contributed by atoms with Gasteiger partial charge in [-0.25, -0.2) is 4.79 Å². The summed E-state index contributed by atoms with van der Waals surface area (Å²) in [4.78, 5) is 38.6. The van der Waals surface area contributed by atoms with Crippen LogP contribution in [0, 0.1) is 0 Å². The number of rotatable bonds is 8. The van der Waals surface area contributed by atoms with Crippen LogP contribution in [0.1, 0.15) is 6.92 Å². The molecule has 10 nitrogen and oxygen atoms in total. The van der Waals surface area contributed by atoms with Crippen LogP contribution >= 0.6 is 0 Å². The Morgan fingerprint density at radius 1 is 0.844 bits per heavy atom. The molecule has 32 heavy (non-hydrogen) atoms. The first-order valence-electron chi connectivity index (χ1n) is 9.79. The van der Waals surface area contributed by atoms with Crippen LogP contribution < -0.4 is 35.5 Å². The van der Waals surface area contributed by atoms with Gasteiger partial charge in [0.15, 0.2) is 23.0 Å². The van der Waals surface area contributed by atoms with Gasteiger partial charge in [0, 0.05) is 24.4 Å². The number of aromatic nitrogens is 2. The molecule has 0 fully saturated rings. The Bertz CT molecular complexity index is 1280. The van der Waals surface area contributed by atoms with Crippen LogP contribution in [-0.2, 0) is 17.9 Å². The van der Waals surface area contributed by atoms with E-state index in [-0.39, 0.29) is 24.0 Å². The molecule has 0 bridgehead atoms. The quantitative estimate of drug-likeness (QED) is 0.566. The summed E-state index contributed by atoms with van der Waals surface area (Å²) in [5.41, 5.74) is -0.331. The lowest BCUT2D eigenvalue weighted by Crippen LogP contribution is -2.41. The molecule has 3 aromatic rings. The van der Waals surface area contributed by atoms with Gasteiger partial charge >= 0.3 is 5.69 Å². The predicted octanol–water partition coefficient (Wildman–Crippen LogP) is 1.86. The predicted molar refractivity (Wildman–Crippen MR) is 119 cm³/mol. The fourth-order valence-corrected chi connectivity index (χ4v) is 3.43. The van der Waals surface area contributed by atoms with E-state index in [1.165, 1.54) is 45.1 Å². The number of hydrogen-bond acceptors (Lipinski definition) is 7. The minimum atomic E-state index is -0.598. The highest BCUT2D eigenvalue weighted by atomic mass is 16.5. The molecule has 1 aromatic heterocycles. The lowest BCUT2D eigenvalue weighted by molar-refractivity contribution is -0.116. The summed E-state index contributed by atoms with van der Waals surface area (Å²) in [6.07, 6.45) is 0. The Balaban J connectivity index is 2.07. The zero-order chi connectivity index (χ0) is 23.4. The van der Waals surface area contributed by atoms with Gasteiger partial charge in [-0.15, -0.1) is 0 Å². The molecule has 0 aliphatic carbocycles. The molecule has 1 N–H and O–H groups in total. The highest BCUT2D eigenvalue weighted by molar-refractivity contribution is 5.92. The smallest absolute Gasteiger partial charge is 0.331 e. The molecule has 10 heteroatoms. The molecule has 0 spiro atoms. The molecule has 0 saturated heterocycles. The Hall–Kier alpha value is -3.95. The number of methoxy groups -OCH3 is 4. The van der Waals surface area contributed by atoms with Gasteiger partial charge in [0.2, 0.25) is 5.91 Å². The third-order valence-electron chi connectivity index (χ3n) is 5.02. The van der Waals surface area contributed by atoms with Crippen LogP contribution in [0.2, 0.25) is 0 Å². The van der Waals surface area contributed by atoms with Crippen molar-refractivity contribution in [1.82, 2.24) is 9.13 Å². The second kappa shape index (κ2) is 9.46. The lowest BCUT2D eigenvalue weighted by Gasteiger charge is -2.16. The lowest BCUT2D eigenvalue weighted by atomic mass is 10.2. The van der Waals surface area contributed by atoms with Crippen LogP contribution in [-0.4, -0.2) is 43.5 Å². The van der Waals surface area contributed by atoms with Gasteiger partial charge in [0.1, 0.15) is 6.54 Å². The molecule has 3 rings (SSSR count). The molecule has 0 atom stereocenters. The van der Waals surface area contributed by atoms with Crippen molar-refractivity contribution >= 4 is 22.5 Å². The number of nitrogens with one attached hydrogen (secondary N) is 1. The van der Waals surface area contributed by atoms with Gasteiger partial charge in [-0.2, -0.15) is 0 Å². The van der Waals surface area contributed by atoms with Gasteiger partial charge in [-0.05, 0) is 25.1 Å². The van der Waals surface area contributed by atoms with Gasteiger partial charge < -0.3 is 24.3 Å². The van der Waals surface area contributed by atoms with Gasteiger partial charge in [-0.3, -0.25) is 18.7 Å². The number of carbonyl (C=O) groups excluding carboxylic acids is 1. The summed E-state index contributed by atoms with van der Waals surface area (Å²) in [7, 11) is 5.90. The van der Waals surface area contributed by atoms with Crippen molar-refractivity contribution in [3.05, 3.63) is 51.2 Å². The van der Waals surface area contributed by atoms with E-state index in [0.717, 1.165) is 4.57 Å². The minimum absolute atomic E-state index is 0.152. The van der Waals surface area contributed by atoms with E-state index in [0.29, 0.717) is 28.7 Å². The Morgan fingerprint density at radius 2 is 1.44 bits per heavy atom. The molecule has 0 unspecified atom stereocenters. The van der Waals surface area contributed by atoms with E-state index < -0.39 is 17.2 Å². The average molecular weight is 443 g/mol. The zero-order valence-corrected chi connectivity index (χ0v) is 18.6. The summed E-state index contributed by atoms with van der Waals surface area (Å²) in [6, 6.07) is 7.94. The SMILES string of the molecule is CCn1c(=O)c2cc(OC)c(OC)cc2n(CC(=O)Nc2ccc(OC)c(OC)c2)c1=O. The number of fused-ring (bicyclic) bond motifs is 1. The van der Waals surface area contributed by atoms with Crippen molar-refractivity contribution in [1.29, 1.82) is 0 Å². The van der Waals surface area contributed by atoms with E-state index in [1.807, 2.05) is 0 Å². The Labute approximate surface area is 183 Å². The second-order valence-electron chi connectivity index (χ2n) is 6.76. The van der Waals surface area contributed by atoms with Crippen molar-refractivity contribution < 1.29 is 23.7 Å². The number of carbonyl (C=O) groups is 1. The highest BCUT2D eigenvalue weighted by Gasteiger charge is 2.18. The molecule has 0 aliphatic rings. The summed E-state index contributed by atoms with van der Waals surface area (Å²) in [5.74, 6) is 1.19. The molecule has 1 amide bonds. The summed E-state index contributed by atoms with van der Waals surface area (Å²) in [5, 5.41) is 2.97. The van der Waals surface area contributed by atoms with Crippen molar-refractivity contribution in [2.24, 2.45) is 0 Å². The minimum Gasteiger partial charge on any atom is -0.493 e. The summed E-state index contributed by atoms with van der Waals surface area (Å²) >= 11 is 0. The highest BCUT2D eigenvalue weighted by Crippen LogP contribution is 2.31. The molecule has 0 aliphatic heterocycles. The number of anilines is 1.